The van der Waals surface area contributed by atoms with Crippen molar-refractivity contribution in [1.29, 1.82) is 0 Å². The smallest absolute Gasteiger partial charge is 0.333 e. The lowest BCUT2D eigenvalue weighted by Crippen LogP contribution is -2.36. The summed E-state index contributed by atoms with van der Waals surface area (Å²) in [4.78, 5) is 24.2. The zero-order valence-electron chi connectivity index (χ0n) is 11.7. The summed E-state index contributed by atoms with van der Waals surface area (Å²) in [5, 5.41) is 11.3. The molecule has 0 N–H and O–H groups in total. The van der Waals surface area contributed by atoms with Crippen LogP contribution < -0.4 is 9.64 Å². The fourth-order valence-electron chi connectivity index (χ4n) is 2.64. The van der Waals surface area contributed by atoms with E-state index >= 15 is 0 Å². The quantitative estimate of drug-likeness (QED) is 0.624. The zero-order chi connectivity index (χ0) is 14.7. The highest BCUT2D eigenvalue weighted by Gasteiger charge is 2.28. The Morgan fingerprint density at radius 1 is 1.40 bits per heavy atom. The van der Waals surface area contributed by atoms with E-state index in [1.54, 1.807) is 25.1 Å². The molecule has 1 aromatic carbocycles. The Balaban J connectivity index is 2.26. The summed E-state index contributed by atoms with van der Waals surface area (Å²) in [5.41, 5.74) is 0.563. The second-order valence-electron chi connectivity index (χ2n) is 4.96. The van der Waals surface area contributed by atoms with E-state index in [0.29, 0.717) is 18.8 Å². The number of Topliss-reactive ketones (excluding diaryl/α,β-unsaturated/α-hetero) is 1. The van der Waals surface area contributed by atoms with Crippen LogP contribution in [0.4, 0.5) is 11.4 Å². The van der Waals surface area contributed by atoms with E-state index in [9.17, 15) is 14.9 Å². The van der Waals surface area contributed by atoms with E-state index in [2.05, 4.69) is 0 Å². The summed E-state index contributed by atoms with van der Waals surface area (Å²) in [5.74, 6) is 0.543. The van der Waals surface area contributed by atoms with Gasteiger partial charge in [-0.2, -0.15) is 0 Å². The number of ether oxygens (including phenoxy) is 1. The van der Waals surface area contributed by atoms with Gasteiger partial charge in [-0.25, -0.2) is 0 Å². The first-order valence-corrected chi connectivity index (χ1v) is 6.61. The Hall–Kier alpha value is -2.11. The van der Waals surface area contributed by atoms with Crippen molar-refractivity contribution >= 4 is 17.2 Å². The number of carbonyl (C=O) groups excluding carboxylic acids is 1. The maximum atomic E-state index is 11.4. The van der Waals surface area contributed by atoms with Crippen molar-refractivity contribution in [3.05, 3.63) is 28.3 Å². The number of carbonyl (C=O) groups is 1. The molecule has 2 rings (SSSR count). The van der Waals surface area contributed by atoms with Gasteiger partial charge in [-0.1, -0.05) is 6.07 Å². The third kappa shape index (κ3) is 2.74. The van der Waals surface area contributed by atoms with Crippen molar-refractivity contribution < 1.29 is 14.5 Å². The van der Waals surface area contributed by atoms with E-state index in [1.165, 1.54) is 7.11 Å². The van der Waals surface area contributed by atoms with Crippen LogP contribution in [0.25, 0.3) is 0 Å². The van der Waals surface area contributed by atoms with Crippen LogP contribution in [-0.4, -0.2) is 30.9 Å². The SMILES string of the molecule is COc1cccc(N2CCC(C(C)=O)CC2)c1[N+](=O)[O-]. The molecule has 6 nitrogen and oxygen atoms in total. The Bertz CT molecular complexity index is 522. The van der Waals surface area contributed by atoms with Gasteiger partial charge in [-0.05, 0) is 31.9 Å². The normalized spacial score (nSPS) is 16.0. The molecule has 1 heterocycles. The summed E-state index contributed by atoms with van der Waals surface area (Å²) in [6, 6.07) is 5.07. The molecule has 0 bridgehead atoms. The number of ketones is 1. The number of nitro benzene ring substituents is 1. The Kier molecular flexibility index (Phi) is 4.22. The summed E-state index contributed by atoms with van der Waals surface area (Å²) < 4.78 is 5.08. The molecule has 0 unspecified atom stereocenters. The zero-order valence-corrected chi connectivity index (χ0v) is 11.7. The van der Waals surface area contributed by atoms with Gasteiger partial charge in [0.05, 0.1) is 12.0 Å². The number of benzene rings is 1. The number of nitro groups is 1. The fourth-order valence-corrected chi connectivity index (χ4v) is 2.64. The number of para-hydroxylation sites is 1. The highest BCUT2D eigenvalue weighted by atomic mass is 16.6. The molecule has 0 radical (unpaired) electrons. The molecule has 1 fully saturated rings. The van der Waals surface area contributed by atoms with Crippen LogP contribution in [0.15, 0.2) is 18.2 Å². The largest absolute Gasteiger partial charge is 0.490 e. The number of hydrogen-bond acceptors (Lipinski definition) is 5. The summed E-state index contributed by atoms with van der Waals surface area (Å²) >= 11 is 0. The molecule has 0 atom stereocenters. The van der Waals surface area contributed by atoms with Gasteiger partial charge < -0.3 is 9.64 Å². The molecule has 0 aliphatic carbocycles. The van der Waals surface area contributed by atoms with Crippen LogP contribution >= 0.6 is 0 Å². The predicted molar refractivity (Wildman–Crippen MR) is 75.3 cm³/mol. The first kappa shape index (κ1) is 14.3. The van der Waals surface area contributed by atoms with Crippen molar-refractivity contribution in [3.8, 4) is 5.75 Å². The summed E-state index contributed by atoms with van der Waals surface area (Å²) in [7, 11) is 1.42. The van der Waals surface area contributed by atoms with Gasteiger partial charge in [0.25, 0.3) is 0 Å². The minimum Gasteiger partial charge on any atom is -0.490 e. The molecule has 0 amide bonds. The molecule has 0 saturated carbocycles. The summed E-state index contributed by atoms with van der Waals surface area (Å²) in [6.45, 7) is 2.91. The van der Waals surface area contributed by atoms with E-state index in [0.717, 1.165) is 12.8 Å². The van der Waals surface area contributed by atoms with Gasteiger partial charge in [0.1, 0.15) is 11.5 Å². The second-order valence-corrected chi connectivity index (χ2v) is 4.96. The van der Waals surface area contributed by atoms with Crippen molar-refractivity contribution in [2.75, 3.05) is 25.1 Å². The van der Waals surface area contributed by atoms with E-state index in [4.69, 9.17) is 4.74 Å². The van der Waals surface area contributed by atoms with Crippen molar-refractivity contribution in [2.24, 2.45) is 5.92 Å². The Labute approximate surface area is 117 Å². The van der Waals surface area contributed by atoms with Crippen molar-refractivity contribution in [1.82, 2.24) is 0 Å². The molecule has 0 aromatic heterocycles. The molecule has 1 aromatic rings. The predicted octanol–water partition coefficient (Wildman–Crippen LogP) is 2.41. The molecule has 0 spiro atoms. The van der Waals surface area contributed by atoms with E-state index in [1.807, 2.05) is 4.90 Å². The number of hydrogen-bond donors (Lipinski definition) is 0. The Morgan fingerprint density at radius 3 is 2.55 bits per heavy atom. The van der Waals surface area contributed by atoms with E-state index < -0.39 is 4.92 Å². The van der Waals surface area contributed by atoms with Crippen molar-refractivity contribution in [3.63, 3.8) is 0 Å². The molecule has 1 aliphatic rings. The average Bonchev–Trinajstić information content (AvgIpc) is 2.46. The average molecular weight is 278 g/mol. The monoisotopic (exact) mass is 278 g/mol. The van der Waals surface area contributed by atoms with Gasteiger partial charge in [-0.15, -0.1) is 0 Å². The van der Waals surface area contributed by atoms with Gasteiger partial charge in [0.2, 0.25) is 0 Å². The molecular formula is C14H18N2O4. The third-order valence-electron chi connectivity index (χ3n) is 3.79. The first-order valence-electron chi connectivity index (χ1n) is 6.61. The van der Waals surface area contributed by atoms with Gasteiger partial charge in [0.15, 0.2) is 5.75 Å². The number of piperidine rings is 1. The van der Waals surface area contributed by atoms with Gasteiger partial charge in [0, 0.05) is 19.0 Å². The van der Waals surface area contributed by atoms with Crippen LogP contribution in [0, 0.1) is 16.0 Å². The molecule has 1 saturated heterocycles. The maximum absolute atomic E-state index is 11.4. The minimum absolute atomic E-state index is 0.00345. The van der Waals surface area contributed by atoms with Crippen LogP contribution in [0.2, 0.25) is 0 Å². The van der Waals surface area contributed by atoms with Gasteiger partial charge in [-0.3, -0.25) is 14.9 Å². The van der Waals surface area contributed by atoms with Crippen LogP contribution in [-0.2, 0) is 4.79 Å². The van der Waals surface area contributed by atoms with Crippen LogP contribution in [0.5, 0.6) is 5.75 Å². The van der Waals surface area contributed by atoms with E-state index in [-0.39, 0.29) is 23.1 Å². The van der Waals surface area contributed by atoms with Crippen LogP contribution in [0.1, 0.15) is 19.8 Å². The number of rotatable bonds is 4. The maximum Gasteiger partial charge on any atom is 0.333 e. The summed E-state index contributed by atoms with van der Waals surface area (Å²) in [6.07, 6.45) is 1.48. The number of nitrogens with zero attached hydrogens (tertiary/aromatic N) is 2. The standard InChI is InChI=1S/C14H18N2O4/c1-10(17)11-6-8-15(9-7-11)12-4-3-5-13(20-2)14(12)16(18)19/h3-5,11H,6-9H2,1-2H3. The number of methoxy groups -OCH3 is 1. The topological polar surface area (TPSA) is 72.7 Å². The third-order valence-corrected chi connectivity index (χ3v) is 3.79. The minimum atomic E-state index is -0.411. The lowest BCUT2D eigenvalue weighted by atomic mass is 9.93. The van der Waals surface area contributed by atoms with Crippen molar-refractivity contribution in [2.45, 2.75) is 19.8 Å². The first-order chi connectivity index (χ1) is 9.54. The molecule has 20 heavy (non-hydrogen) atoms. The lowest BCUT2D eigenvalue weighted by Gasteiger charge is -2.32. The van der Waals surface area contributed by atoms with Crippen LogP contribution in [0.3, 0.4) is 0 Å². The van der Waals surface area contributed by atoms with Gasteiger partial charge >= 0.3 is 5.69 Å². The fraction of sp³-hybridized carbons (Fsp3) is 0.500. The molecule has 1 aliphatic heterocycles. The Morgan fingerprint density at radius 2 is 2.05 bits per heavy atom. The number of anilines is 1. The molecule has 108 valence electrons. The second kappa shape index (κ2) is 5.90. The highest BCUT2D eigenvalue weighted by Crippen LogP contribution is 2.38. The highest BCUT2D eigenvalue weighted by molar-refractivity contribution is 5.79. The lowest BCUT2D eigenvalue weighted by molar-refractivity contribution is -0.385. The molecular weight excluding hydrogens is 260 g/mol. The molecule has 6 heteroatoms.